The lowest BCUT2D eigenvalue weighted by Crippen LogP contribution is -2.27. The van der Waals surface area contributed by atoms with Crippen LogP contribution in [0.15, 0.2) is 71.6 Å². The van der Waals surface area contributed by atoms with E-state index in [1.165, 1.54) is 19.2 Å². The molecule has 3 aromatic rings. The molecule has 0 radical (unpaired) electrons. The van der Waals surface area contributed by atoms with Gasteiger partial charge >= 0.3 is 0 Å². The van der Waals surface area contributed by atoms with E-state index in [0.29, 0.717) is 35.7 Å². The van der Waals surface area contributed by atoms with Crippen LogP contribution in [0.4, 0.5) is 5.69 Å². The number of nitrogens with zero attached hydrogens (tertiary/aromatic N) is 1. The SMILES string of the molecule is CCOc1ccccc1CN(C)C(=O)c1cc(S(=O)(=O)Nc2ccc(OC)cc2)ccc1C. The summed E-state index contributed by atoms with van der Waals surface area (Å²) in [6, 6.07) is 18.6. The van der Waals surface area contributed by atoms with E-state index in [4.69, 9.17) is 9.47 Å². The summed E-state index contributed by atoms with van der Waals surface area (Å²) in [5, 5.41) is 0. The van der Waals surface area contributed by atoms with Crippen molar-refractivity contribution in [3.8, 4) is 11.5 Å². The van der Waals surface area contributed by atoms with E-state index in [1.54, 1.807) is 49.2 Å². The fraction of sp³-hybridized carbons (Fsp3) is 0.240. The van der Waals surface area contributed by atoms with E-state index < -0.39 is 10.0 Å². The molecule has 3 aromatic carbocycles. The van der Waals surface area contributed by atoms with Crippen molar-refractivity contribution in [2.45, 2.75) is 25.3 Å². The van der Waals surface area contributed by atoms with Crippen LogP contribution in [0.5, 0.6) is 11.5 Å². The molecule has 0 atom stereocenters. The van der Waals surface area contributed by atoms with Crippen LogP contribution < -0.4 is 14.2 Å². The second-order valence-electron chi connectivity index (χ2n) is 7.51. The molecule has 3 rings (SSSR count). The highest BCUT2D eigenvalue weighted by atomic mass is 32.2. The summed E-state index contributed by atoms with van der Waals surface area (Å²) in [5.41, 5.74) is 2.28. The number of aryl methyl sites for hydroxylation is 1. The van der Waals surface area contributed by atoms with Crippen molar-refractivity contribution in [1.29, 1.82) is 0 Å². The Morgan fingerprint density at radius 3 is 2.39 bits per heavy atom. The lowest BCUT2D eigenvalue weighted by molar-refractivity contribution is 0.0783. The van der Waals surface area contributed by atoms with Gasteiger partial charge in [-0.2, -0.15) is 0 Å². The number of ether oxygens (including phenoxy) is 2. The monoisotopic (exact) mass is 468 g/mol. The molecule has 174 valence electrons. The van der Waals surface area contributed by atoms with Crippen molar-refractivity contribution in [3.63, 3.8) is 0 Å². The van der Waals surface area contributed by atoms with E-state index in [1.807, 2.05) is 31.2 Å². The van der Waals surface area contributed by atoms with E-state index >= 15 is 0 Å². The van der Waals surface area contributed by atoms with Gasteiger partial charge in [0.1, 0.15) is 11.5 Å². The number of rotatable bonds is 9. The molecule has 33 heavy (non-hydrogen) atoms. The van der Waals surface area contributed by atoms with Gasteiger partial charge in [-0.05, 0) is 61.9 Å². The number of hydrogen-bond acceptors (Lipinski definition) is 5. The molecule has 0 unspecified atom stereocenters. The number of hydrogen-bond donors (Lipinski definition) is 1. The number of carbonyl (C=O) groups is 1. The van der Waals surface area contributed by atoms with Crippen molar-refractivity contribution in [3.05, 3.63) is 83.4 Å². The van der Waals surface area contributed by atoms with Crippen LogP contribution in [-0.4, -0.2) is 40.0 Å². The van der Waals surface area contributed by atoms with Crippen LogP contribution in [-0.2, 0) is 16.6 Å². The minimum absolute atomic E-state index is 0.00962. The van der Waals surface area contributed by atoms with Crippen molar-refractivity contribution < 1.29 is 22.7 Å². The van der Waals surface area contributed by atoms with Gasteiger partial charge in [0, 0.05) is 30.4 Å². The molecule has 1 N–H and O–H groups in total. The van der Waals surface area contributed by atoms with Crippen LogP contribution in [0, 0.1) is 6.92 Å². The lowest BCUT2D eigenvalue weighted by Gasteiger charge is -2.20. The maximum absolute atomic E-state index is 13.2. The van der Waals surface area contributed by atoms with Crippen molar-refractivity contribution in [2.24, 2.45) is 0 Å². The average Bonchev–Trinajstić information content (AvgIpc) is 2.80. The zero-order valence-corrected chi connectivity index (χ0v) is 20.0. The quantitative estimate of drug-likeness (QED) is 0.501. The molecule has 0 aliphatic carbocycles. The Bertz CT molecular complexity index is 1220. The van der Waals surface area contributed by atoms with Gasteiger partial charge in [-0.1, -0.05) is 24.3 Å². The highest BCUT2D eigenvalue weighted by Crippen LogP contribution is 2.24. The van der Waals surface area contributed by atoms with E-state index in [0.717, 1.165) is 11.3 Å². The van der Waals surface area contributed by atoms with Crippen LogP contribution in [0.25, 0.3) is 0 Å². The minimum Gasteiger partial charge on any atom is -0.497 e. The number of methoxy groups -OCH3 is 1. The van der Waals surface area contributed by atoms with Crippen molar-refractivity contribution in [1.82, 2.24) is 4.90 Å². The normalized spacial score (nSPS) is 11.0. The Morgan fingerprint density at radius 2 is 1.73 bits per heavy atom. The predicted octanol–water partition coefficient (Wildman–Crippen LogP) is 4.48. The van der Waals surface area contributed by atoms with Gasteiger partial charge in [-0.25, -0.2) is 8.42 Å². The zero-order valence-electron chi connectivity index (χ0n) is 19.2. The van der Waals surface area contributed by atoms with Gasteiger partial charge in [0.2, 0.25) is 0 Å². The summed E-state index contributed by atoms with van der Waals surface area (Å²) in [6.45, 7) is 4.54. The maximum atomic E-state index is 13.2. The number of para-hydroxylation sites is 1. The Balaban J connectivity index is 1.83. The fourth-order valence-corrected chi connectivity index (χ4v) is 4.42. The first-order valence-electron chi connectivity index (χ1n) is 10.5. The van der Waals surface area contributed by atoms with Gasteiger partial charge in [-0.15, -0.1) is 0 Å². The van der Waals surface area contributed by atoms with Gasteiger partial charge in [-0.3, -0.25) is 9.52 Å². The summed E-state index contributed by atoms with van der Waals surface area (Å²) in [7, 11) is -0.666. The number of anilines is 1. The summed E-state index contributed by atoms with van der Waals surface area (Å²) < 4.78 is 39.2. The molecule has 0 bridgehead atoms. The molecule has 0 aliphatic heterocycles. The Morgan fingerprint density at radius 1 is 1.03 bits per heavy atom. The molecule has 0 saturated carbocycles. The lowest BCUT2D eigenvalue weighted by atomic mass is 10.1. The number of carbonyl (C=O) groups excluding carboxylic acids is 1. The summed E-state index contributed by atoms with van der Waals surface area (Å²) in [6.07, 6.45) is 0. The Hall–Kier alpha value is -3.52. The van der Waals surface area contributed by atoms with E-state index in [9.17, 15) is 13.2 Å². The van der Waals surface area contributed by atoms with Crippen LogP contribution >= 0.6 is 0 Å². The van der Waals surface area contributed by atoms with Crippen LogP contribution in [0.1, 0.15) is 28.4 Å². The number of nitrogens with one attached hydrogen (secondary N) is 1. The molecule has 1 amide bonds. The number of sulfonamides is 1. The standard InChI is InChI=1S/C25H28N2O5S/c1-5-32-24-9-7-6-8-19(24)17-27(3)25(28)23-16-22(15-10-18(23)2)33(29,30)26-20-11-13-21(31-4)14-12-20/h6-16,26H,5,17H2,1-4H3. The second-order valence-corrected chi connectivity index (χ2v) is 9.20. The molecule has 0 aromatic heterocycles. The number of amides is 1. The molecule has 0 fully saturated rings. The second kappa shape index (κ2) is 10.4. The Labute approximate surface area is 195 Å². The average molecular weight is 469 g/mol. The molecule has 0 aliphatic rings. The van der Waals surface area contributed by atoms with Crippen LogP contribution in [0.2, 0.25) is 0 Å². The summed E-state index contributed by atoms with van der Waals surface area (Å²) in [4.78, 5) is 14.8. The third-order valence-electron chi connectivity index (χ3n) is 5.12. The van der Waals surface area contributed by atoms with Crippen LogP contribution in [0.3, 0.4) is 0 Å². The molecule has 0 heterocycles. The first-order valence-corrected chi connectivity index (χ1v) is 12.0. The maximum Gasteiger partial charge on any atom is 0.261 e. The van der Waals surface area contributed by atoms with Crippen molar-refractivity contribution >= 4 is 21.6 Å². The van der Waals surface area contributed by atoms with Gasteiger partial charge in [0.15, 0.2) is 0 Å². The highest BCUT2D eigenvalue weighted by Gasteiger charge is 2.21. The highest BCUT2D eigenvalue weighted by molar-refractivity contribution is 7.92. The smallest absolute Gasteiger partial charge is 0.261 e. The molecule has 0 spiro atoms. The Kier molecular flexibility index (Phi) is 7.60. The van der Waals surface area contributed by atoms with Gasteiger partial charge in [0.25, 0.3) is 15.9 Å². The van der Waals surface area contributed by atoms with Gasteiger partial charge in [0.05, 0.1) is 18.6 Å². The molecular weight excluding hydrogens is 440 g/mol. The topological polar surface area (TPSA) is 84.9 Å². The molecular formula is C25H28N2O5S. The minimum atomic E-state index is -3.89. The third-order valence-corrected chi connectivity index (χ3v) is 6.50. The van der Waals surface area contributed by atoms with E-state index in [2.05, 4.69) is 4.72 Å². The fourth-order valence-electron chi connectivity index (χ4n) is 3.34. The molecule has 8 heteroatoms. The predicted molar refractivity (Wildman–Crippen MR) is 128 cm³/mol. The van der Waals surface area contributed by atoms with E-state index in [-0.39, 0.29) is 10.8 Å². The molecule has 7 nitrogen and oxygen atoms in total. The first kappa shape index (κ1) is 24.1. The number of benzene rings is 3. The molecule has 0 saturated heterocycles. The van der Waals surface area contributed by atoms with Crippen molar-refractivity contribution in [2.75, 3.05) is 25.5 Å². The summed E-state index contributed by atoms with van der Waals surface area (Å²) >= 11 is 0. The summed E-state index contributed by atoms with van der Waals surface area (Å²) in [5.74, 6) is 1.06. The van der Waals surface area contributed by atoms with Gasteiger partial charge < -0.3 is 14.4 Å². The third kappa shape index (κ3) is 5.84. The largest absolute Gasteiger partial charge is 0.497 e. The first-order chi connectivity index (χ1) is 15.7. The zero-order chi connectivity index (χ0) is 24.0.